The molecule has 17 heavy (non-hydrogen) atoms. The van der Waals surface area contributed by atoms with E-state index in [1.165, 1.54) is 6.08 Å². The van der Waals surface area contributed by atoms with Crippen molar-refractivity contribution in [2.75, 3.05) is 19.8 Å². The minimum absolute atomic E-state index is 0.190. The third-order valence-electron chi connectivity index (χ3n) is 2.87. The van der Waals surface area contributed by atoms with Gasteiger partial charge in [0.25, 0.3) is 0 Å². The van der Waals surface area contributed by atoms with Crippen LogP contribution in [0.4, 0.5) is 0 Å². The molecular formula is C10H19NO6. The van der Waals surface area contributed by atoms with E-state index in [0.29, 0.717) is 0 Å². The highest BCUT2D eigenvalue weighted by Crippen LogP contribution is 2.20. The highest BCUT2D eigenvalue weighted by atomic mass is 16.4. The molecule has 7 N–H and O–H groups in total. The standard InChI is InChI=1S/C10H19NO6/c12-2-5-1-7(11-6(3-13)4-14)9(16)10(17)8(5)15/h1,6-17H,2-4H2/t7-,8+,9-,10-/m0/s1. The molecule has 0 aromatic heterocycles. The molecule has 0 saturated heterocycles. The quantitative estimate of drug-likeness (QED) is 0.249. The number of hydrogen-bond donors (Lipinski definition) is 7. The van der Waals surface area contributed by atoms with Gasteiger partial charge in [-0.05, 0) is 5.57 Å². The molecule has 0 aliphatic heterocycles. The van der Waals surface area contributed by atoms with E-state index < -0.39 is 37.0 Å². The maximum absolute atomic E-state index is 9.70. The highest BCUT2D eigenvalue weighted by molar-refractivity contribution is 5.21. The fraction of sp³-hybridized carbons (Fsp3) is 0.800. The summed E-state index contributed by atoms with van der Waals surface area (Å²) < 4.78 is 0. The first-order valence-corrected chi connectivity index (χ1v) is 5.38. The van der Waals surface area contributed by atoms with Crippen LogP contribution in [0, 0.1) is 0 Å². The van der Waals surface area contributed by atoms with Crippen LogP contribution in [0.25, 0.3) is 0 Å². The lowest BCUT2D eigenvalue weighted by Gasteiger charge is -2.36. The van der Waals surface area contributed by atoms with Crippen LogP contribution in [0.1, 0.15) is 0 Å². The molecule has 1 aliphatic rings. The van der Waals surface area contributed by atoms with Crippen LogP contribution in [-0.4, -0.2) is 80.9 Å². The number of aliphatic hydroxyl groups excluding tert-OH is 6. The van der Waals surface area contributed by atoms with E-state index in [0.717, 1.165) is 0 Å². The third kappa shape index (κ3) is 3.23. The summed E-state index contributed by atoms with van der Waals surface area (Å²) >= 11 is 0. The molecule has 0 spiro atoms. The summed E-state index contributed by atoms with van der Waals surface area (Å²) in [6, 6.07) is -1.40. The molecule has 4 atom stereocenters. The Balaban J connectivity index is 2.79. The maximum Gasteiger partial charge on any atom is 0.111 e. The second-order valence-corrected chi connectivity index (χ2v) is 4.08. The molecule has 7 heteroatoms. The van der Waals surface area contributed by atoms with E-state index in [-0.39, 0.29) is 18.8 Å². The summed E-state index contributed by atoms with van der Waals surface area (Å²) in [5.74, 6) is 0. The van der Waals surface area contributed by atoms with Gasteiger partial charge in [0.1, 0.15) is 18.3 Å². The van der Waals surface area contributed by atoms with Gasteiger partial charge in [0.15, 0.2) is 0 Å². The van der Waals surface area contributed by atoms with Crippen LogP contribution >= 0.6 is 0 Å². The molecule has 0 bridgehead atoms. The Bertz CT molecular complexity index is 268. The minimum Gasteiger partial charge on any atom is -0.395 e. The van der Waals surface area contributed by atoms with Gasteiger partial charge in [-0.1, -0.05) is 6.08 Å². The average Bonchev–Trinajstić information content (AvgIpc) is 2.35. The average molecular weight is 249 g/mol. The van der Waals surface area contributed by atoms with Crippen molar-refractivity contribution in [2.45, 2.75) is 30.4 Å². The Kier molecular flexibility index (Phi) is 5.47. The summed E-state index contributed by atoms with van der Waals surface area (Å²) in [7, 11) is 0. The van der Waals surface area contributed by atoms with Crippen molar-refractivity contribution in [3.63, 3.8) is 0 Å². The molecule has 0 amide bonds. The minimum atomic E-state index is -1.42. The van der Waals surface area contributed by atoms with Crippen LogP contribution in [0.5, 0.6) is 0 Å². The Labute approximate surface area is 98.6 Å². The molecule has 100 valence electrons. The normalized spacial score (nSPS) is 33.9. The first-order chi connectivity index (χ1) is 8.04. The van der Waals surface area contributed by atoms with Crippen molar-refractivity contribution in [2.24, 2.45) is 0 Å². The van der Waals surface area contributed by atoms with Crippen LogP contribution in [0.3, 0.4) is 0 Å². The molecule has 1 aliphatic carbocycles. The lowest BCUT2D eigenvalue weighted by atomic mass is 9.88. The first-order valence-electron chi connectivity index (χ1n) is 5.38. The zero-order valence-electron chi connectivity index (χ0n) is 9.27. The van der Waals surface area contributed by atoms with Crippen molar-refractivity contribution < 1.29 is 30.6 Å². The van der Waals surface area contributed by atoms with E-state index in [1.54, 1.807) is 0 Å². The van der Waals surface area contributed by atoms with E-state index in [9.17, 15) is 15.3 Å². The van der Waals surface area contributed by atoms with Gasteiger partial charge in [-0.3, -0.25) is 0 Å². The molecule has 0 aromatic rings. The number of rotatable bonds is 5. The van der Waals surface area contributed by atoms with Gasteiger partial charge in [0.2, 0.25) is 0 Å². The van der Waals surface area contributed by atoms with Gasteiger partial charge in [-0.25, -0.2) is 0 Å². The first kappa shape index (κ1) is 14.5. The Hall–Kier alpha value is -0.540. The van der Waals surface area contributed by atoms with Crippen molar-refractivity contribution >= 4 is 0 Å². The van der Waals surface area contributed by atoms with E-state index >= 15 is 0 Å². The molecule has 0 fully saturated rings. The Morgan fingerprint density at radius 1 is 1.06 bits per heavy atom. The van der Waals surface area contributed by atoms with E-state index in [2.05, 4.69) is 5.32 Å². The van der Waals surface area contributed by atoms with Crippen molar-refractivity contribution in [3.05, 3.63) is 11.6 Å². The third-order valence-corrected chi connectivity index (χ3v) is 2.87. The number of aliphatic hydroxyl groups is 6. The summed E-state index contributed by atoms with van der Waals surface area (Å²) in [6.07, 6.45) is -2.62. The van der Waals surface area contributed by atoms with Gasteiger partial charge in [-0.2, -0.15) is 0 Å². The van der Waals surface area contributed by atoms with Crippen molar-refractivity contribution in [1.29, 1.82) is 0 Å². The van der Waals surface area contributed by atoms with Gasteiger partial charge in [-0.15, -0.1) is 0 Å². The zero-order valence-corrected chi connectivity index (χ0v) is 9.27. The molecule has 0 heterocycles. The monoisotopic (exact) mass is 249 g/mol. The van der Waals surface area contributed by atoms with Crippen LogP contribution in [0.15, 0.2) is 11.6 Å². The van der Waals surface area contributed by atoms with Crippen LogP contribution < -0.4 is 5.32 Å². The summed E-state index contributed by atoms with van der Waals surface area (Å²) in [4.78, 5) is 0. The smallest absolute Gasteiger partial charge is 0.111 e. The van der Waals surface area contributed by atoms with Crippen molar-refractivity contribution in [1.82, 2.24) is 5.32 Å². The lowest BCUT2D eigenvalue weighted by molar-refractivity contribution is -0.0667. The van der Waals surface area contributed by atoms with E-state index in [4.69, 9.17) is 15.3 Å². The molecule has 0 radical (unpaired) electrons. The van der Waals surface area contributed by atoms with Crippen LogP contribution in [0.2, 0.25) is 0 Å². The number of nitrogens with one attached hydrogen (secondary N) is 1. The predicted molar refractivity (Wildman–Crippen MR) is 58.1 cm³/mol. The zero-order chi connectivity index (χ0) is 13.0. The molecule has 1 rings (SSSR count). The van der Waals surface area contributed by atoms with Crippen LogP contribution in [-0.2, 0) is 0 Å². The molecule has 0 saturated carbocycles. The molecule has 7 nitrogen and oxygen atoms in total. The predicted octanol–water partition coefficient (Wildman–Crippen LogP) is -3.69. The fourth-order valence-electron chi connectivity index (χ4n) is 1.77. The number of hydrogen-bond acceptors (Lipinski definition) is 7. The Morgan fingerprint density at radius 3 is 2.12 bits per heavy atom. The molecule has 0 aromatic carbocycles. The second kappa shape index (κ2) is 6.41. The Morgan fingerprint density at radius 2 is 1.65 bits per heavy atom. The van der Waals surface area contributed by atoms with Gasteiger partial charge in [0, 0.05) is 0 Å². The molecular weight excluding hydrogens is 230 g/mol. The van der Waals surface area contributed by atoms with Gasteiger partial charge in [0.05, 0.1) is 31.9 Å². The summed E-state index contributed by atoms with van der Waals surface area (Å²) in [5, 5.41) is 58.3. The summed E-state index contributed by atoms with van der Waals surface area (Å²) in [5.41, 5.74) is 0.190. The van der Waals surface area contributed by atoms with Gasteiger partial charge >= 0.3 is 0 Å². The van der Waals surface area contributed by atoms with E-state index in [1.807, 2.05) is 0 Å². The topological polar surface area (TPSA) is 133 Å². The molecule has 0 unspecified atom stereocenters. The summed E-state index contributed by atoms with van der Waals surface area (Å²) in [6.45, 7) is -1.10. The fourth-order valence-corrected chi connectivity index (χ4v) is 1.77. The van der Waals surface area contributed by atoms with Crippen molar-refractivity contribution in [3.8, 4) is 0 Å². The second-order valence-electron chi connectivity index (χ2n) is 4.08. The van der Waals surface area contributed by atoms with Gasteiger partial charge < -0.3 is 36.0 Å². The highest BCUT2D eigenvalue weighted by Gasteiger charge is 2.37. The lowest BCUT2D eigenvalue weighted by Crippen LogP contribution is -2.57. The SMILES string of the molecule is OCC1=C[C@H](NC(CO)CO)[C@H](O)[C@@H](O)[C@@H]1O. The largest absolute Gasteiger partial charge is 0.395 e. The maximum atomic E-state index is 9.70.